The van der Waals surface area contributed by atoms with Crippen molar-refractivity contribution in [1.29, 1.82) is 0 Å². The fraction of sp³-hybridized carbons (Fsp3) is 0.333. The van der Waals surface area contributed by atoms with Crippen molar-refractivity contribution in [3.8, 4) is 0 Å². The summed E-state index contributed by atoms with van der Waals surface area (Å²) in [5.74, 6) is -0.521. The topological polar surface area (TPSA) is 112 Å². The van der Waals surface area contributed by atoms with Crippen LogP contribution in [0.2, 0.25) is 0 Å². The maximum absolute atomic E-state index is 13.1. The summed E-state index contributed by atoms with van der Waals surface area (Å²) in [4.78, 5) is 31.5. The first-order valence-corrected chi connectivity index (χ1v) is 10.9. The van der Waals surface area contributed by atoms with E-state index in [2.05, 4.69) is 25.8 Å². The van der Waals surface area contributed by atoms with E-state index >= 15 is 0 Å². The summed E-state index contributed by atoms with van der Waals surface area (Å²) < 4.78 is 18.9. The second kappa shape index (κ2) is 8.67. The van der Waals surface area contributed by atoms with Crippen molar-refractivity contribution in [2.45, 2.75) is 32.0 Å². The Balaban J connectivity index is 1.51. The third kappa shape index (κ3) is 4.08. The molecular formula is C21H23FN6O3S. The largest absolute Gasteiger partial charge is 0.437 e. The molecule has 9 nitrogen and oxygen atoms in total. The zero-order chi connectivity index (χ0) is 22.9. The number of aromatic nitrogens is 3. The second-order valence-corrected chi connectivity index (χ2v) is 8.76. The molecule has 168 valence electrons. The maximum Gasteiger partial charge on any atom is 0.411 e. The molecular weight excluding hydrogens is 435 g/mol. The van der Waals surface area contributed by atoms with Gasteiger partial charge in [-0.25, -0.2) is 14.2 Å². The van der Waals surface area contributed by atoms with Crippen LogP contribution in [0.25, 0.3) is 0 Å². The number of carbonyl (C=O) groups excluding carboxylic acids is 2. The predicted molar refractivity (Wildman–Crippen MR) is 117 cm³/mol. The van der Waals surface area contributed by atoms with Crippen molar-refractivity contribution in [2.24, 2.45) is 0 Å². The summed E-state index contributed by atoms with van der Waals surface area (Å²) in [7, 11) is 1.78. The highest BCUT2D eigenvalue weighted by atomic mass is 32.1. The minimum Gasteiger partial charge on any atom is -0.437 e. The van der Waals surface area contributed by atoms with Crippen molar-refractivity contribution in [3.63, 3.8) is 0 Å². The molecule has 11 heteroatoms. The summed E-state index contributed by atoms with van der Waals surface area (Å²) in [6.07, 6.45) is 0.659. The van der Waals surface area contributed by atoms with Crippen LogP contribution in [0.5, 0.6) is 0 Å². The Morgan fingerprint density at radius 1 is 1.34 bits per heavy atom. The quantitative estimate of drug-likeness (QED) is 0.522. The molecule has 1 aliphatic rings. The third-order valence-corrected chi connectivity index (χ3v) is 6.26. The molecule has 1 aliphatic heterocycles. The molecule has 32 heavy (non-hydrogen) atoms. The zero-order valence-electron chi connectivity index (χ0n) is 17.8. The summed E-state index contributed by atoms with van der Waals surface area (Å²) >= 11 is 1.42. The Hall–Kier alpha value is -3.31. The molecule has 3 heterocycles. The summed E-state index contributed by atoms with van der Waals surface area (Å²) in [6.45, 7) is 4.39. The highest BCUT2D eigenvalue weighted by Crippen LogP contribution is 2.41. The van der Waals surface area contributed by atoms with Crippen molar-refractivity contribution in [3.05, 3.63) is 63.5 Å². The summed E-state index contributed by atoms with van der Waals surface area (Å²) in [6, 6.07) is 5.22. The van der Waals surface area contributed by atoms with Gasteiger partial charge in [0, 0.05) is 29.2 Å². The van der Waals surface area contributed by atoms with Gasteiger partial charge in [0.15, 0.2) is 11.9 Å². The Morgan fingerprint density at radius 3 is 2.75 bits per heavy atom. The number of H-pyrrole nitrogens is 1. The second-order valence-electron chi connectivity index (χ2n) is 7.83. The minimum atomic E-state index is -0.731. The van der Waals surface area contributed by atoms with E-state index in [0.29, 0.717) is 34.2 Å². The number of ether oxygens (including phenoxy) is 1. The Kier molecular flexibility index (Phi) is 5.94. The number of thiazole rings is 1. The Morgan fingerprint density at radius 2 is 2.09 bits per heavy atom. The van der Waals surface area contributed by atoms with E-state index < -0.39 is 29.5 Å². The first-order chi connectivity index (χ1) is 15.3. The fourth-order valence-corrected chi connectivity index (χ4v) is 4.30. The SMILES string of the molecule is CNCC(OC(=O)N1Cc2c(NC(=O)c3ccc(F)cc3)n[nH]c2C1(C)C)c1nccs1. The van der Waals surface area contributed by atoms with E-state index in [0.717, 1.165) is 0 Å². The Bertz CT molecular complexity index is 1110. The number of fused-ring (bicyclic) bond motifs is 1. The van der Waals surface area contributed by atoms with E-state index in [-0.39, 0.29) is 6.54 Å². The average molecular weight is 459 g/mol. The van der Waals surface area contributed by atoms with E-state index in [4.69, 9.17) is 4.74 Å². The lowest BCUT2D eigenvalue weighted by atomic mass is 10.0. The molecule has 2 aromatic heterocycles. The van der Waals surface area contributed by atoms with Crippen LogP contribution in [0.3, 0.4) is 0 Å². The smallest absolute Gasteiger partial charge is 0.411 e. The number of nitrogens with zero attached hydrogens (tertiary/aromatic N) is 3. The molecule has 0 fully saturated rings. The van der Waals surface area contributed by atoms with Crippen LogP contribution >= 0.6 is 11.3 Å². The van der Waals surface area contributed by atoms with Crippen LogP contribution in [0.1, 0.15) is 46.6 Å². The van der Waals surface area contributed by atoms with Crippen molar-refractivity contribution in [2.75, 3.05) is 18.9 Å². The number of amides is 2. The molecule has 1 atom stereocenters. The zero-order valence-corrected chi connectivity index (χ0v) is 18.6. The molecule has 0 spiro atoms. The highest BCUT2D eigenvalue weighted by Gasteiger charge is 2.45. The number of halogens is 1. The average Bonchev–Trinajstić information content (AvgIpc) is 3.47. The van der Waals surface area contributed by atoms with Crippen LogP contribution in [-0.2, 0) is 16.8 Å². The molecule has 0 bridgehead atoms. The van der Waals surface area contributed by atoms with Gasteiger partial charge in [-0.15, -0.1) is 11.3 Å². The number of benzene rings is 1. The van der Waals surface area contributed by atoms with Crippen LogP contribution in [0.15, 0.2) is 35.8 Å². The number of hydrogen-bond donors (Lipinski definition) is 3. The predicted octanol–water partition coefficient (Wildman–Crippen LogP) is 3.41. The number of likely N-dealkylation sites (N-methyl/N-ethyl adjacent to an activating group) is 1. The normalized spacial score (nSPS) is 15.3. The van der Waals surface area contributed by atoms with E-state index in [9.17, 15) is 14.0 Å². The van der Waals surface area contributed by atoms with Crippen LogP contribution < -0.4 is 10.6 Å². The van der Waals surface area contributed by atoms with Crippen molar-refractivity contribution >= 4 is 29.2 Å². The molecule has 0 saturated heterocycles. The van der Waals surface area contributed by atoms with Gasteiger partial charge in [-0.3, -0.25) is 14.8 Å². The lowest BCUT2D eigenvalue weighted by Crippen LogP contribution is -2.42. The number of rotatable bonds is 6. The Labute approximate surface area is 188 Å². The third-order valence-electron chi connectivity index (χ3n) is 5.39. The minimum absolute atomic E-state index is 0.209. The van der Waals surface area contributed by atoms with Crippen LogP contribution in [-0.4, -0.2) is 45.7 Å². The molecule has 4 rings (SSSR count). The number of aromatic amines is 1. The monoisotopic (exact) mass is 458 g/mol. The first kappa shape index (κ1) is 21.9. The van der Waals surface area contributed by atoms with Gasteiger partial charge in [-0.1, -0.05) is 0 Å². The van der Waals surface area contributed by atoms with Gasteiger partial charge in [0.05, 0.1) is 17.8 Å². The maximum atomic E-state index is 13.1. The number of hydrogen-bond acceptors (Lipinski definition) is 7. The summed E-state index contributed by atoms with van der Waals surface area (Å²) in [5.41, 5.74) is 0.978. The van der Waals surface area contributed by atoms with Gasteiger partial charge >= 0.3 is 6.09 Å². The van der Waals surface area contributed by atoms with E-state index in [1.54, 1.807) is 18.1 Å². The van der Waals surface area contributed by atoms with Gasteiger partial charge in [0.1, 0.15) is 10.8 Å². The van der Waals surface area contributed by atoms with Gasteiger partial charge in [-0.05, 0) is 45.2 Å². The molecule has 2 amide bonds. The molecule has 0 saturated carbocycles. The van der Waals surface area contributed by atoms with Gasteiger partial charge in [0.25, 0.3) is 5.91 Å². The van der Waals surface area contributed by atoms with E-state index in [1.165, 1.54) is 35.6 Å². The lowest BCUT2D eigenvalue weighted by Gasteiger charge is -2.32. The molecule has 1 aromatic carbocycles. The van der Waals surface area contributed by atoms with Crippen molar-refractivity contribution < 1.29 is 18.7 Å². The first-order valence-electron chi connectivity index (χ1n) is 9.98. The molecule has 0 aliphatic carbocycles. The highest BCUT2D eigenvalue weighted by molar-refractivity contribution is 7.09. The fourth-order valence-electron chi connectivity index (χ4n) is 3.64. The van der Waals surface area contributed by atoms with Crippen molar-refractivity contribution in [1.82, 2.24) is 25.4 Å². The lowest BCUT2D eigenvalue weighted by molar-refractivity contribution is 0.0348. The van der Waals surface area contributed by atoms with Gasteiger partial charge in [-0.2, -0.15) is 5.10 Å². The molecule has 3 N–H and O–H groups in total. The number of carbonyl (C=O) groups is 2. The van der Waals surface area contributed by atoms with Crippen LogP contribution in [0.4, 0.5) is 15.0 Å². The van der Waals surface area contributed by atoms with E-state index in [1.807, 2.05) is 19.2 Å². The standard InChI is InChI=1S/C21H23FN6O3S/c1-21(2)16-14(17(27-26-16)25-18(29)12-4-6-13(22)7-5-12)11-28(21)20(30)31-15(10-23-3)19-24-8-9-32-19/h4-9,15,23H,10-11H2,1-3H3,(H2,25,26,27,29). The number of nitrogens with one attached hydrogen (secondary N) is 3. The van der Waals surface area contributed by atoms with Gasteiger partial charge in [0.2, 0.25) is 0 Å². The molecule has 0 radical (unpaired) electrons. The van der Waals surface area contributed by atoms with Gasteiger partial charge < -0.3 is 15.4 Å². The molecule has 3 aromatic rings. The summed E-state index contributed by atoms with van der Waals surface area (Å²) in [5, 5.41) is 15.4. The molecule has 1 unspecified atom stereocenters. The van der Waals surface area contributed by atoms with Crippen LogP contribution in [0, 0.1) is 5.82 Å². The number of anilines is 1.